The number of anilines is 2. The molecule has 0 spiro atoms. The Kier molecular flexibility index (Phi) is 7.89. The van der Waals surface area contributed by atoms with Crippen molar-refractivity contribution in [3.8, 4) is 11.8 Å². The molecular formula is C30H30N6O3S2. The number of carbonyl (C=O) groups excluding carboxylic acids is 2. The molecule has 0 saturated carbocycles. The number of nitrogens with zero attached hydrogens (tertiary/aromatic N) is 4. The molecule has 41 heavy (non-hydrogen) atoms. The van der Waals surface area contributed by atoms with Gasteiger partial charge in [0.05, 0.1) is 30.4 Å². The summed E-state index contributed by atoms with van der Waals surface area (Å²) in [6.45, 7) is 6.07. The van der Waals surface area contributed by atoms with E-state index in [1.54, 1.807) is 12.0 Å². The Hall–Kier alpha value is -4.14. The van der Waals surface area contributed by atoms with Crippen LogP contribution in [0.1, 0.15) is 43.7 Å². The van der Waals surface area contributed by atoms with Crippen LogP contribution in [-0.4, -0.2) is 34.8 Å². The molecule has 1 aromatic heterocycles. The van der Waals surface area contributed by atoms with E-state index in [1.165, 1.54) is 23.1 Å². The second kappa shape index (κ2) is 11.4. The van der Waals surface area contributed by atoms with E-state index in [4.69, 9.17) is 10.5 Å². The standard InChI is InChI=1S/C30H30N6O3S2/c1-17-9-11-18(12-10-17)33-24(38)16-40-29-35-34-28(41-29)36-21-13-30(2,3)14-22(37)26(21)25(20(15-31)27(36)32)19-7-5-6-8-23(19)39-4/h5-12,25H,13-14,16,32H2,1-4H3,(H,33,38). The number of benzene rings is 2. The second-order valence-electron chi connectivity index (χ2n) is 10.8. The molecule has 1 unspecified atom stereocenters. The average molecular weight is 587 g/mol. The van der Waals surface area contributed by atoms with E-state index in [-0.39, 0.29) is 34.3 Å². The number of ether oxygens (including phenoxy) is 1. The number of nitrogens with one attached hydrogen (secondary N) is 1. The largest absolute Gasteiger partial charge is 0.496 e. The topological polar surface area (TPSA) is 134 Å². The van der Waals surface area contributed by atoms with Gasteiger partial charge in [-0.15, -0.1) is 10.2 Å². The summed E-state index contributed by atoms with van der Waals surface area (Å²) in [5, 5.41) is 22.3. The Morgan fingerprint density at radius 1 is 1.22 bits per heavy atom. The van der Waals surface area contributed by atoms with Gasteiger partial charge in [0, 0.05) is 28.9 Å². The molecule has 0 saturated heterocycles. The highest BCUT2D eigenvalue weighted by atomic mass is 32.2. The van der Waals surface area contributed by atoms with Gasteiger partial charge < -0.3 is 15.8 Å². The highest BCUT2D eigenvalue weighted by Crippen LogP contribution is 2.52. The summed E-state index contributed by atoms with van der Waals surface area (Å²) < 4.78 is 6.18. The predicted molar refractivity (Wildman–Crippen MR) is 161 cm³/mol. The number of para-hydroxylation sites is 1. The Labute approximate surface area is 247 Å². The number of Topliss-reactive ketones (excluding diaryl/α,β-unsaturated/α-hetero) is 1. The van der Waals surface area contributed by atoms with Crippen molar-refractivity contribution in [2.75, 3.05) is 23.1 Å². The molecule has 1 atom stereocenters. The van der Waals surface area contributed by atoms with Crippen LogP contribution < -0.4 is 20.7 Å². The van der Waals surface area contributed by atoms with Gasteiger partial charge in [0.25, 0.3) is 0 Å². The van der Waals surface area contributed by atoms with Gasteiger partial charge in [-0.3, -0.25) is 14.5 Å². The zero-order valence-electron chi connectivity index (χ0n) is 23.2. The van der Waals surface area contributed by atoms with Crippen molar-refractivity contribution in [2.24, 2.45) is 11.1 Å². The summed E-state index contributed by atoms with van der Waals surface area (Å²) in [5.41, 5.74) is 10.4. The number of ketones is 1. The summed E-state index contributed by atoms with van der Waals surface area (Å²) in [7, 11) is 1.57. The molecule has 5 rings (SSSR count). The van der Waals surface area contributed by atoms with E-state index >= 15 is 0 Å². The third kappa shape index (κ3) is 5.71. The van der Waals surface area contributed by atoms with Gasteiger partial charge in [0.2, 0.25) is 11.0 Å². The van der Waals surface area contributed by atoms with Crippen molar-refractivity contribution in [1.29, 1.82) is 5.26 Å². The molecule has 0 bridgehead atoms. The van der Waals surface area contributed by atoms with Crippen molar-refractivity contribution < 1.29 is 14.3 Å². The molecule has 0 fully saturated rings. The average Bonchev–Trinajstić information content (AvgIpc) is 3.40. The van der Waals surface area contributed by atoms with Crippen LogP contribution in [-0.2, 0) is 9.59 Å². The number of nitriles is 1. The van der Waals surface area contributed by atoms with Crippen molar-refractivity contribution in [3.05, 3.63) is 82.3 Å². The van der Waals surface area contributed by atoms with E-state index < -0.39 is 5.92 Å². The molecular weight excluding hydrogens is 557 g/mol. The molecule has 2 heterocycles. The van der Waals surface area contributed by atoms with Crippen molar-refractivity contribution in [3.63, 3.8) is 0 Å². The number of allylic oxidation sites excluding steroid dienone is 3. The van der Waals surface area contributed by atoms with E-state index in [1.807, 2.05) is 69.3 Å². The van der Waals surface area contributed by atoms with Crippen molar-refractivity contribution in [2.45, 2.75) is 43.9 Å². The van der Waals surface area contributed by atoms with Gasteiger partial charge in [-0.1, -0.05) is 72.8 Å². The smallest absolute Gasteiger partial charge is 0.234 e. The number of nitrogens with two attached hydrogens (primary N) is 1. The first-order valence-electron chi connectivity index (χ1n) is 13.0. The van der Waals surface area contributed by atoms with Crippen LogP contribution >= 0.6 is 23.1 Å². The predicted octanol–water partition coefficient (Wildman–Crippen LogP) is 5.53. The molecule has 1 amide bonds. The number of rotatable bonds is 7. The zero-order chi connectivity index (χ0) is 29.3. The minimum absolute atomic E-state index is 0.0377. The number of aromatic nitrogens is 2. The Morgan fingerprint density at radius 3 is 2.66 bits per heavy atom. The summed E-state index contributed by atoms with van der Waals surface area (Å²) in [6, 6.07) is 17.2. The molecule has 2 aromatic carbocycles. The van der Waals surface area contributed by atoms with E-state index in [2.05, 4.69) is 21.6 Å². The van der Waals surface area contributed by atoms with Gasteiger partial charge in [-0.05, 0) is 37.0 Å². The molecule has 210 valence electrons. The summed E-state index contributed by atoms with van der Waals surface area (Å²) in [5.74, 6) is 0.0746. The lowest BCUT2D eigenvalue weighted by molar-refractivity contribution is -0.118. The quantitative estimate of drug-likeness (QED) is 0.343. The first kappa shape index (κ1) is 28.4. The zero-order valence-corrected chi connectivity index (χ0v) is 24.9. The molecule has 2 aliphatic rings. The molecule has 3 N–H and O–H groups in total. The number of thioether (sulfide) groups is 1. The van der Waals surface area contributed by atoms with Crippen LogP contribution in [0.4, 0.5) is 10.8 Å². The lowest BCUT2D eigenvalue weighted by Crippen LogP contribution is -2.42. The van der Waals surface area contributed by atoms with Gasteiger partial charge in [-0.2, -0.15) is 5.26 Å². The van der Waals surface area contributed by atoms with Gasteiger partial charge in [0.15, 0.2) is 10.1 Å². The Balaban J connectivity index is 1.48. The molecule has 1 aliphatic carbocycles. The van der Waals surface area contributed by atoms with Gasteiger partial charge in [-0.25, -0.2) is 0 Å². The van der Waals surface area contributed by atoms with Crippen LogP contribution in [0.15, 0.2) is 75.5 Å². The lowest BCUT2D eigenvalue weighted by Gasteiger charge is -2.42. The number of hydrogen-bond donors (Lipinski definition) is 2. The number of hydrogen-bond acceptors (Lipinski definition) is 10. The highest BCUT2D eigenvalue weighted by molar-refractivity contribution is 8.01. The van der Waals surface area contributed by atoms with Crippen LogP contribution in [0.25, 0.3) is 0 Å². The Morgan fingerprint density at radius 2 is 1.95 bits per heavy atom. The highest BCUT2D eigenvalue weighted by Gasteiger charge is 2.46. The Bertz CT molecular complexity index is 1620. The fourth-order valence-electron chi connectivity index (χ4n) is 5.26. The van der Waals surface area contributed by atoms with Crippen LogP contribution in [0.5, 0.6) is 5.75 Å². The molecule has 3 aromatic rings. The van der Waals surface area contributed by atoms with E-state index in [0.717, 1.165) is 11.3 Å². The molecule has 11 heteroatoms. The minimum Gasteiger partial charge on any atom is -0.496 e. The normalized spacial score (nSPS) is 18.2. The molecule has 9 nitrogen and oxygen atoms in total. The fraction of sp³-hybridized carbons (Fsp3) is 0.300. The van der Waals surface area contributed by atoms with E-state index in [9.17, 15) is 14.9 Å². The summed E-state index contributed by atoms with van der Waals surface area (Å²) in [6.07, 6.45) is 0.900. The maximum absolute atomic E-state index is 13.7. The summed E-state index contributed by atoms with van der Waals surface area (Å²) >= 11 is 2.52. The van der Waals surface area contributed by atoms with Crippen LogP contribution in [0.3, 0.4) is 0 Å². The third-order valence-electron chi connectivity index (χ3n) is 7.08. The van der Waals surface area contributed by atoms with Crippen molar-refractivity contribution in [1.82, 2.24) is 10.2 Å². The number of aryl methyl sites for hydroxylation is 1. The van der Waals surface area contributed by atoms with Crippen molar-refractivity contribution >= 4 is 45.6 Å². The SMILES string of the molecule is COc1ccccc1C1C(C#N)=C(N)N(c2nnc(SCC(=O)Nc3ccc(C)cc3)s2)C2=C1C(=O)CC(C)(C)C2. The number of carbonyl (C=O) groups is 2. The number of amides is 1. The monoisotopic (exact) mass is 586 g/mol. The fourth-order valence-corrected chi connectivity index (χ4v) is 6.94. The molecule has 1 aliphatic heterocycles. The van der Waals surface area contributed by atoms with E-state index in [0.29, 0.717) is 44.9 Å². The lowest BCUT2D eigenvalue weighted by atomic mass is 9.68. The third-order valence-corrected chi connectivity index (χ3v) is 9.12. The summed E-state index contributed by atoms with van der Waals surface area (Å²) in [4.78, 5) is 28.0. The first-order chi connectivity index (χ1) is 19.6. The minimum atomic E-state index is -0.654. The van der Waals surface area contributed by atoms with Gasteiger partial charge in [0.1, 0.15) is 11.6 Å². The first-order valence-corrected chi connectivity index (χ1v) is 14.8. The molecule has 0 radical (unpaired) electrons. The maximum Gasteiger partial charge on any atom is 0.234 e. The van der Waals surface area contributed by atoms with Crippen LogP contribution in [0.2, 0.25) is 0 Å². The van der Waals surface area contributed by atoms with Crippen LogP contribution in [0, 0.1) is 23.7 Å². The number of methoxy groups -OCH3 is 1. The second-order valence-corrected chi connectivity index (χ2v) is 13.0. The maximum atomic E-state index is 13.7. The van der Waals surface area contributed by atoms with Gasteiger partial charge >= 0.3 is 0 Å².